The Labute approximate surface area is 246 Å². The fraction of sp³-hybridized carbons (Fsp3) is 0.690. The molecule has 37 heavy (non-hydrogen) atoms. The Morgan fingerprint density at radius 1 is 0.838 bits per heavy atom. The molecule has 0 saturated heterocycles. The molecule has 1 aliphatic carbocycles. The summed E-state index contributed by atoms with van der Waals surface area (Å²) in [6, 6.07) is 6.17. The van der Waals surface area contributed by atoms with Crippen LogP contribution in [0.4, 0.5) is 0 Å². The van der Waals surface area contributed by atoms with Crippen molar-refractivity contribution < 1.29 is 22.9 Å². The van der Waals surface area contributed by atoms with Crippen LogP contribution in [0.3, 0.4) is 0 Å². The summed E-state index contributed by atoms with van der Waals surface area (Å²) in [6.45, 7) is 2.25. The van der Waals surface area contributed by atoms with Crippen LogP contribution in [0.25, 0.3) is 4.91 Å². The first kappa shape index (κ1) is 34.3. The number of aliphatic hydroxyl groups is 1. The van der Waals surface area contributed by atoms with Crippen molar-refractivity contribution in [1.29, 1.82) is 0 Å². The Morgan fingerprint density at radius 2 is 1.27 bits per heavy atom. The Kier molecular flexibility index (Phi) is 16.5. The Morgan fingerprint density at radius 3 is 1.70 bits per heavy atom. The van der Waals surface area contributed by atoms with Crippen LogP contribution in [-0.2, 0) is 20.5 Å². The van der Waals surface area contributed by atoms with Gasteiger partial charge in [0, 0.05) is 46.6 Å². The maximum Gasteiger partial charge on any atom is 0.294 e. The summed E-state index contributed by atoms with van der Waals surface area (Å²) in [7, 11) is -4.51. The van der Waals surface area contributed by atoms with Gasteiger partial charge in [-0.25, -0.2) is 0 Å². The first-order valence-corrected chi connectivity index (χ1v) is 15.5. The van der Waals surface area contributed by atoms with Gasteiger partial charge in [0.1, 0.15) is 0 Å². The normalized spacial score (nSPS) is 19.1. The number of hydrogen-bond donors (Lipinski definition) is 3. The van der Waals surface area contributed by atoms with Gasteiger partial charge in [-0.05, 0) is 6.42 Å². The van der Waals surface area contributed by atoms with Crippen LogP contribution in [0.5, 0.6) is 0 Å². The van der Waals surface area contributed by atoms with Crippen molar-refractivity contribution in [2.75, 3.05) is 0 Å². The predicted molar refractivity (Wildman–Crippen MR) is 152 cm³/mol. The molecule has 0 bridgehead atoms. The van der Waals surface area contributed by atoms with E-state index in [0.29, 0.717) is 6.42 Å². The third-order valence-corrected chi connectivity index (χ3v) is 8.43. The van der Waals surface area contributed by atoms with Crippen LogP contribution in [0.15, 0.2) is 30.3 Å². The molecule has 2 unspecified atom stereocenters. The number of rotatable bonds is 19. The zero-order valence-electron chi connectivity index (χ0n) is 23.1. The van der Waals surface area contributed by atoms with Crippen molar-refractivity contribution >= 4 is 50.5 Å². The quantitative estimate of drug-likeness (QED) is 0.105. The van der Waals surface area contributed by atoms with Gasteiger partial charge in [0.25, 0.3) is 16.0 Å². The Balaban J connectivity index is 0.00000684. The fourth-order valence-corrected chi connectivity index (χ4v) is 6.16. The second kappa shape index (κ2) is 17.8. The van der Waals surface area contributed by atoms with Crippen LogP contribution in [0.2, 0.25) is 0 Å². The number of hydrogen-bond acceptors (Lipinski definition) is 4. The van der Waals surface area contributed by atoms with Gasteiger partial charge in [0.15, 0.2) is 5.60 Å². The van der Waals surface area contributed by atoms with Gasteiger partial charge < -0.3 is 10.8 Å². The van der Waals surface area contributed by atoms with E-state index in [1.165, 1.54) is 95.3 Å². The minimum Gasteiger partial charge on any atom is -0.375 e. The number of fused-ring (bicyclic) bond motifs is 1. The van der Waals surface area contributed by atoms with E-state index in [1.807, 2.05) is 0 Å². The van der Waals surface area contributed by atoms with E-state index in [4.69, 9.17) is 5.73 Å². The van der Waals surface area contributed by atoms with Crippen molar-refractivity contribution in [2.24, 2.45) is 11.7 Å². The minimum absolute atomic E-state index is 0. The summed E-state index contributed by atoms with van der Waals surface area (Å²) in [5.74, 6) is -1.73. The van der Waals surface area contributed by atoms with Crippen LogP contribution >= 0.6 is 0 Å². The molecule has 6 nitrogen and oxygen atoms in total. The summed E-state index contributed by atoms with van der Waals surface area (Å²) in [5, 5.41) is 11.3. The molecule has 1 aromatic rings. The van der Waals surface area contributed by atoms with Crippen LogP contribution < -0.4 is 5.73 Å². The second-order valence-corrected chi connectivity index (χ2v) is 11.8. The molecule has 1 radical (unpaired) electrons. The first-order valence-electron chi connectivity index (χ1n) is 14.0. The molecule has 1 aliphatic rings. The summed E-state index contributed by atoms with van der Waals surface area (Å²) in [5.41, 5.74) is 3.84. The number of unbranched alkanes of at least 4 members (excludes halogenated alkanes) is 15. The molecule has 205 valence electrons. The Bertz CT molecular complexity index is 949. The van der Waals surface area contributed by atoms with E-state index in [0.717, 1.165) is 25.7 Å². The van der Waals surface area contributed by atoms with E-state index in [-0.39, 0.29) is 45.6 Å². The molecule has 0 aliphatic heterocycles. The van der Waals surface area contributed by atoms with Gasteiger partial charge in [-0.15, -0.1) is 0 Å². The van der Waals surface area contributed by atoms with E-state index < -0.39 is 27.5 Å². The standard InChI is InChI=1S/C29H47NO5S.Na/c1-2-3-4-5-6-7-8-9-10-11-12-13-14-15-16-17-20-24-23-27(36(33,34)35)25-21-18-19-22-26(25)29(24,32)28(30)31;/h18-19,21-24,32H,2-17,20H2,1H3,(H2,30,31)(H,33,34,35);. The van der Waals surface area contributed by atoms with E-state index >= 15 is 0 Å². The number of carbonyl (C=O) groups excluding carboxylic acids is 1. The zero-order valence-corrected chi connectivity index (χ0v) is 25.9. The molecule has 0 saturated carbocycles. The number of amides is 1. The summed E-state index contributed by atoms with van der Waals surface area (Å²) in [4.78, 5) is 12.0. The average Bonchev–Trinajstić information content (AvgIpc) is 2.84. The van der Waals surface area contributed by atoms with E-state index in [9.17, 15) is 22.9 Å². The van der Waals surface area contributed by atoms with Crippen molar-refractivity contribution in [3.8, 4) is 0 Å². The number of benzene rings is 1. The molecule has 1 amide bonds. The van der Waals surface area contributed by atoms with E-state index in [1.54, 1.807) is 12.1 Å². The number of nitrogens with two attached hydrogens (primary N) is 1. The first-order chi connectivity index (χ1) is 17.2. The summed E-state index contributed by atoms with van der Waals surface area (Å²) < 4.78 is 33.7. The SMILES string of the molecule is CCCCCCCCCCCCCCCCCCC1C=C(S(=O)(=O)O)c2ccccc2C1(O)C(N)=O.[Na]. The van der Waals surface area contributed by atoms with Crippen LogP contribution in [0, 0.1) is 5.92 Å². The minimum atomic E-state index is -4.51. The predicted octanol–water partition coefficient (Wildman–Crippen LogP) is 6.49. The number of primary amides is 1. The Hall–Kier alpha value is -0.700. The fourth-order valence-electron chi connectivity index (χ4n) is 5.37. The topological polar surface area (TPSA) is 118 Å². The van der Waals surface area contributed by atoms with Gasteiger partial charge in [0.2, 0.25) is 0 Å². The van der Waals surface area contributed by atoms with Gasteiger partial charge in [-0.2, -0.15) is 8.42 Å². The molecule has 0 heterocycles. The van der Waals surface area contributed by atoms with Crippen LogP contribution in [-0.4, -0.2) is 53.5 Å². The van der Waals surface area contributed by atoms with Crippen molar-refractivity contribution in [3.63, 3.8) is 0 Å². The molecule has 0 fully saturated rings. The van der Waals surface area contributed by atoms with Crippen molar-refractivity contribution in [2.45, 2.75) is 122 Å². The summed E-state index contributed by atoms with van der Waals surface area (Å²) >= 11 is 0. The average molecular weight is 545 g/mol. The molecular formula is C29H47NNaO5S. The zero-order chi connectivity index (χ0) is 26.4. The molecule has 8 heteroatoms. The summed E-state index contributed by atoms with van der Waals surface area (Å²) in [6.07, 6.45) is 21.6. The van der Waals surface area contributed by atoms with Crippen molar-refractivity contribution in [3.05, 3.63) is 41.5 Å². The molecule has 4 N–H and O–H groups in total. The maximum atomic E-state index is 12.3. The monoisotopic (exact) mass is 544 g/mol. The van der Waals surface area contributed by atoms with Gasteiger partial charge >= 0.3 is 0 Å². The van der Waals surface area contributed by atoms with Crippen LogP contribution in [0.1, 0.15) is 127 Å². The molecular weight excluding hydrogens is 497 g/mol. The second-order valence-electron chi connectivity index (χ2n) is 10.4. The molecule has 0 aromatic heterocycles. The smallest absolute Gasteiger partial charge is 0.294 e. The van der Waals surface area contributed by atoms with Crippen molar-refractivity contribution in [1.82, 2.24) is 0 Å². The largest absolute Gasteiger partial charge is 0.375 e. The van der Waals surface area contributed by atoms with Gasteiger partial charge in [-0.3, -0.25) is 9.35 Å². The number of carbonyl (C=O) groups is 1. The third-order valence-electron chi connectivity index (χ3n) is 7.51. The van der Waals surface area contributed by atoms with E-state index in [2.05, 4.69) is 6.92 Å². The van der Waals surface area contributed by atoms with Gasteiger partial charge in [-0.1, -0.05) is 140 Å². The molecule has 1 aromatic carbocycles. The molecule has 2 rings (SSSR count). The maximum absolute atomic E-state index is 12.3. The molecule has 0 spiro atoms. The molecule has 2 atom stereocenters. The third kappa shape index (κ3) is 10.8. The van der Waals surface area contributed by atoms with Gasteiger partial charge in [0.05, 0.1) is 4.91 Å².